The van der Waals surface area contributed by atoms with Gasteiger partial charge >= 0.3 is 5.97 Å². The largest absolute Gasteiger partial charge is 0.478 e. The predicted molar refractivity (Wildman–Crippen MR) is 77.0 cm³/mol. The molecular formula is C15H14N2O4. The van der Waals surface area contributed by atoms with Crippen molar-refractivity contribution in [3.63, 3.8) is 0 Å². The number of carbonyl (C=O) groups excluding carboxylic acids is 1. The zero-order chi connectivity index (χ0) is 15.4. The van der Waals surface area contributed by atoms with Crippen LogP contribution in [0.2, 0.25) is 0 Å². The van der Waals surface area contributed by atoms with Crippen LogP contribution >= 0.6 is 0 Å². The molecule has 1 aromatic heterocycles. The Balaban J connectivity index is 2.15. The van der Waals surface area contributed by atoms with Crippen molar-refractivity contribution in [1.82, 2.24) is 5.16 Å². The first-order chi connectivity index (χ1) is 9.97. The molecule has 0 fully saturated rings. The number of carbonyl (C=O) groups is 2. The average Bonchev–Trinajstić information content (AvgIpc) is 2.84. The van der Waals surface area contributed by atoms with Crippen LogP contribution in [0.25, 0.3) is 6.08 Å². The summed E-state index contributed by atoms with van der Waals surface area (Å²) in [6.07, 6.45) is 3.94. The van der Waals surface area contributed by atoms with Gasteiger partial charge in [0.15, 0.2) is 0 Å². The van der Waals surface area contributed by atoms with Gasteiger partial charge in [-0.15, -0.1) is 0 Å². The fraction of sp³-hybridized carbons (Fsp3) is 0.133. The lowest BCUT2D eigenvalue weighted by Gasteiger charge is -2.07. The minimum absolute atomic E-state index is 0.304. The third-order valence-electron chi connectivity index (χ3n) is 2.93. The third-order valence-corrected chi connectivity index (χ3v) is 2.93. The number of carboxylic acids is 1. The van der Waals surface area contributed by atoms with Crippen LogP contribution in [0, 0.1) is 13.8 Å². The maximum atomic E-state index is 12.0. The number of nitrogens with zero attached hydrogens (tertiary/aromatic N) is 1. The van der Waals surface area contributed by atoms with Crippen molar-refractivity contribution in [2.45, 2.75) is 13.8 Å². The number of amides is 1. The van der Waals surface area contributed by atoms with E-state index in [-0.39, 0.29) is 5.91 Å². The van der Waals surface area contributed by atoms with Crippen LogP contribution in [0.4, 0.5) is 5.69 Å². The molecule has 0 aliphatic carbocycles. The average molecular weight is 286 g/mol. The quantitative estimate of drug-likeness (QED) is 0.843. The van der Waals surface area contributed by atoms with E-state index in [0.29, 0.717) is 17.0 Å². The van der Waals surface area contributed by atoms with Gasteiger partial charge in [0.05, 0.1) is 6.20 Å². The van der Waals surface area contributed by atoms with Crippen LogP contribution in [-0.2, 0) is 4.79 Å². The van der Waals surface area contributed by atoms with Crippen LogP contribution in [0.3, 0.4) is 0 Å². The molecular weight excluding hydrogens is 272 g/mol. The van der Waals surface area contributed by atoms with Crippen molar-refractivity contribution in [2.75, 3.05) is 5.32 Å². The van der Waals surface area contributed by atoms with Crippen molar-refractivity contribution in [3.8, 4) is 0 Å². The van der Waals surface area contributed by atoms with E-state index in [9.17, 15) is 9.59 Å². The molecule has 1 heterocycles. The first-order valence-electron chi connectivity index (χ1n) is 6.21. The summed E-state index contributed by atoms with van der Waals surface area (Å²) >= 11 is 0. The van der Waals surface area contributed by atoms with E-state index in [1.54, 1.807) is 25.1 Å². The maximum absolute atomic E-state index is 12.0. The Morgan fingerprint density at radius 2 is 2.10 bits per heavy atom. The second-order valence-electron chi connectivity index (χ2n) is 4.49. The topological polar surface area (TPSA) is 92.4 Å². The number of benzene rings is 1. The van der Waals surface area contributed by atoms with E-state index in [1.807, 2.05) is 6.92 Å². The molecule has 0 saturated heterocycles. The first-order valence-corrected chi connectivity index (χ1v) is 6.21. The van der Waals surface area contributed by atoms with Crippen LogP contribution in [0.1, 0.15) is 27.2 Å². The number of nitrogens with one attached hydrogen (secondary N) is 1. The summed E-state index contributed by atoms with van der Waals surface area (Å²) in [7, 11) is 0. The van der Waals surface area contributed by atoms with Gasteiger partial charge in [0, 0.05) is 11.8 Å². The van der Waals surface area contributed by atoms with Crippen molar-refractivity contribution in [1.29, 1.82) is 0 Å². The molecule has 108 valence electrons. The van der Waals surface area contributed by atoms with Gasteiger partial charge in [-0.3, -0.25) is 4.79 Å². The number of hydrogen-bond acceptors (Lipinski definition) is 4. The Labute approximate surface area is 121 Å². The van der Waals surface area contributed by atoms with Gasteiger partial charge in [-0.25, -0.2) is 4.79 Å². The van der Waals surface area contributed by atoms with Gasteiger partial charge in [-0.05, 0) is 43.2 Å². The zero-order valence-corrected chi connectivity index (χ0v) is 11.6. The molecule has 0 bridgehead atoms. The lowest BCUT2D eigenvalue weighted by Crippen LogP contribution is -2.12. The Morgan fingerprint density at radius 1 is 1.33 bits per heavy atom. The van der Waals surface area contributed by atoms with Crippen molar-refractivity contribution in [3.05, 3.63) is 52.9 Å². The summed E-state index contributed by atoms with van der Waals surface area (Å²) in [6, 6.07) is 5.21. The number of anilines is 1. The summed E-state index contributed by atoms with van der Waals surface area (Å²) in [5.41, 5.74) is 2.62. The fourth-order valence-electron chi connectivity index (χ4n) is 1.82. The second kappa shape index (κ2) is 6.04. The number of hydrogen-bond donors (Lipinski definition) is 2. The summed E-state index contributed by atoms with van der Waals surface area (Å²) in [6.45, 7) is 3.49. The van der Waals surface area contributed by atoms with E-state index < -0.39 is 5.97 Å². The van der Waals surface area contributed by atoms with E-state index in [4.69, 9.17) is 9.63 Å². The summed E-state index contributed by atoms with van der Waals surface area (Å²) in [5, 5.41) is 14.9. The van der Waals surface area contributed by atoms with E-state index >= 15 is 0 Å². The summed E-state index contributed by atoms with van der Waals surface area (Å²) in [4.78, 5) is 22.5. The first kappa shape index (κ1) is 14.5. The molecule has 2 rings (SSSR count). The van der Waals surface area contributed by atoms with Gasteiger partial charge in [-0.1, -0.05) is 11.2 Å². The minimum atomic E-state index is -1.00. The molecule has 1 amide bonds. The number of carboxylic acid groups (broad SMARTS) is 1. The molecule has 6 nitrogen and oxygen atoms in total. The van der Waals surface area contributed by atoms with Crippen molar-refractivity contribution in [2.24, 2.45) is 0 Å². The van der Waals surface area contributed by atoms with Gasteiger partial charge in [0.25, 0.3) is 5.91 Å². The Morgan fingerprint density at radius 3 is 2.67 bits per heavy atom. The van der Waals surface area contributed by atoms with Gasteiger partial charge in [0.2, 0.25) is 0 Å². The highest BCUT2D eigenvalue weighted by Crippen LogP contribution is 2.18. The van der Waals surface area contributed by atoms with Crippen LogP contribution in [0.15, 0.2) is 35.0 Å². The van der Waals surface area contributed by atoms with E-state index in [0.717, 1.165) is 17.2 Å². The molecule has 0 spiro atoms. The molecule has 0 aliphatic rings. The highest BCUT2D eigenvalue weighted by molar-refractivity contribution is 6.04. The summed E-state index contributed by atoms with van der Waals surface area (Å²) < 4.78 is 4.84. The smallest absolute Gasteiger partial charge is 0.328 e. The van der Waals surface area contributed by atoms with E-state index in [2.05, 4.69) is 10.5 Å². The number of aliphatic carboxylic acids is 1. The van der Waals surface area contributed by atoms with Gasteiger partial charge < -0.3 is 14.9 Å². The van der Waals surface area contributed by atoms with E-state index in [1.165, 1.54) is 12.3 Å². The SMILES string of the molecule is Cc1cc(NC(=O)c2cnoc2C)ccc1C=CC(=O)O. The fourth-order valence-corrected chi connectivity index (χ4v) is 1.82. The highest BCUT2D eigenvalue weighted by atomic mass is 16.5. The number of aromatic nitrogens is 1. The van der Waals surface area contributed by atoms with Crippen molar-refractivity contribution < 1.29 is 19.2 Å². The third kappa shape index (κ3) is 3.56. The normalized spacial score (nSPS) is 10.8. The monoisotopic (exact) mass is 286 g/mol. The van der Waals surface area contributed by atoms with Crippen LogP contribution in [0.5, 0.6) is 0 Å². The maximum Gasteiger partial charge on any atom is 0.328 e. The Hall–Kier alpha value is -2.89. The summed E-state index contributed by atoms with van der Waals surface area (Å²) in [5.74, 6) is -0.859. The second-order valence-corrected chi connectivity index (χ2v) is 4.49. The lowest BCUT2D eigenvalue weighted by molar-refractivity contribution is -0.131. The number of aryl methyl sites for hydroxylation is 2. The zero-order valence-electron chi connectivity index (χ0n) is 11.6. The standard InChI is InChI=1S/C15H14N2O4/c1-9-7-12(5-3-11(9)4-6-14(18)19)17-15(20)13-8-16-21-10(13)2/h3-8H,1-2H3,(H,17,20)(H,18,19). The van der Waals surface area contributed by atoms with Crippen LogP contribution in [-0.4, -0.2) is 22.1 Å². The predicted octanol–water partition coefficient (Wildman–Crippen LogP) is 2.64. The highest BCUT2D eigenvalue weighted by Gasteiger charge is 2.13. The molecule has 2 aromatic rings. The molecule has 0 radical (unpaired) electrons. The molecule has 21 heavy (non-hydrogen) atoms. The molecule has 6 heteroatoms. The molecule has 1 aromatic carbocycles. The molecule has 2 N–H and O–H groups in total. The Bertz CT molecular complexity index is 716. The molecule has 0 atom stereocenters. The Kier molecular flexibility index (Phi) is 4.18. The molecule has 0 saturated carbocycles. The molecule has 0 aliphatic heterocycles. The van der Waals surface area contributed by atoms with Crippen molar-refractivity contribution >= 4 is 23.6 Å². The lowest BCUT2D eigenvalue weighted by atomic mass is 10.1. The minimum Gasteiger partial charge on any atom is -0.478 e. The van der Waals surface area contributed by atoms with Gasteiger partial charge in [0.1, 0.15) is 11.3 Å². The molecule has 0 unspecified atom stereocenters. The number of rotatable bonds is 4. The van der Waals surface area contributed by atoms with Crippen LogP contribution < -0.4 is 5.32 Å². The van der Waals surface area contributed by atoms with Gasteiger partial charge in [-0.2, -0.15) is 0 Å².